The summed E-state index contributed by atoms with van der Waals surface area (Å²) in [5.41, 5.74) is 2.65. The second-order valence-electron chi connectivity index (χ2n) is 10.4. The summed E-state index contributed by atoms with van der Waals surface area (Å²) in [5.74, 6) is 2.52. The summed E-state index contributed by atoms with van der Waals surface area (Å²) in [7, 11) is -3.24. The van der Waals surface area contributed by atoms with Gasteiger partial charge in [-0.2, -0.15) is 0 Å². The molecule has 1 aromatic rings. The number of nitrogens with one attached hydrogen (secondary N) is 1. The Bertz CT molecular complexity index is 874. The number of carbonyl (C=O) groups excluding carboxylic acids is 1. The standard InChI is InChI=1S/C24H34N2O3S/c1-2-30(28,29)26-9-3-4-20(16-26)23(27)25-22-7-5-21(6-8-22)24-13-17-10-18(14-24)12-19(11-17)15-24/h5-8,17-20H,2-4,9-16H2,1H3,(H,25,27)/t17?,18?,19?,20-,24?/m1/s1. The normalized spacial score (nSPS) is 36.0. The second kappa shape index (κ2) is 7.63. The quantitative estimate of drug-likeness (QED) is 0.763. The third-order valence-electron chi connectivity index (χ3n) is 8.32. The maximum absolute atomic E-state index is 12.8. The SMILES string of the molecule is CCS(=O)(=O)N1CCC[C@@H](C(=O)Nc2ccc(C34CC5CC(CC(C5)C3)C4)cc2)C1. The summed E-state index contributed by atoms with van der Waals surface area (Å²) in [6.45, 7) is 2.48. The van der Waals surface area contributed by atoms with Crippen LogP contribution in [0.15, 0.2) is 24.3 Å². The maximum Gasteiger partial charge on any atom is 0.228 e. The molecule has 164 valence electrons. The molecule has 6 rings (SSSR count). The Labute approximate surface area is 180 Å². The van der Waals surface area contributed by atoms with Gasteiger partial charge < -0.3 is 5.32 Å². The van der Waals surface area contributed by atoms with E-state index in [1.54, 1.807) is 6.92 Å². The third kappa shape index (κ3) is 3.70. The van der Waals surface area contributed by atoms with E-state index in [0.29, 0.717) is 18.5 Å². The van der Waals surface area contributed by atoms with Gasteiger partial charge in [0.05, 0.1) is 11.7 Å². The highest BCUT2D eigenvalue weighted by Gasteiger charge is 2.51. The summed E-state index contributed by atoms with van der Waals surface area (Å²) in [5, 5.41) is 3.04. The van der Waals surface area contributed by atoms with E-state index in [1.165, 1.54) is 48.4 Å². The molecule has 6 heteroatoms. The molecular weight excluding hydrogens is 396 g/mol. The molecule has 4 bridgehead atoms. The van der Waals surface area contributed by atoms with Crippen molar-refractivity contribution in [1.29, 1.82) is 0 Å². The number of amides is 1. The Morgan fingerprint density at radius 1 is 1.07 bits per heavy atom. The molecule has 5 fully saturated rings. The van der Waals surface area contributed by atoms with E-state index < -0.39 is 10.0 Å². The molecule has 0 unspecified atom stereocenters. The molecular formula is C24H34N2O3S. The van der Waals surface area contributed by atoms with Gasteiger partial charge in [0, 0.05) is 18.8 Å². The van der Waals surface area contributed by atoms with E-state index in [0.717, 1.165) is 36.3 Å². The first-order valence-electron chi connectivity index (χ1n) is 11.8. The molecule has 0 radical (unpaired) electrons. The lowest BCUT2D eigenvalue weighted by molar-refractivity contribution is -0.120. The van der Waals surface area contributed by atoms with Gasteiger partial charge in [-0.1, -0.05) is 12.1 Å². The first kappa shape index (κ1) is 20.5. The van der Waals surface area contributed by atoms with E-state index in [4.69, 9.17) is 0 Å². The zero-order chi connectivity index (χ0) is 20.9. The lowest BCUT2D eigenvalue weighted by atomic mass is 9.48. The van der Waals surface area contributed by atoms with E-state index in [1.807, 2.05) is 0 Å². The maximum atomic E-state index is 12.8. The number of piperidine rings is 1. The first-order valence-corrected chi connectivity index (χ1v) is 13.4. The van der Waals surface area contributed by atoms with Crippen molar-refractivity contribution in [3.8, 4) is 0 Å². The smallest absolute Gasteiger partial charge is 0.228 e. The van der Waals surface area contributed by atoms with E-state index in [2.05, 4.69) is 29.6 Å². The molecule has 1 heterocycles. The highest BCUT2D eigenvalue weighted by Crippen LogP contribution is 2.60. The van der Waals surface area contributed by atoms with Crippen molar-refractivity contribution < 1.29 is 13.2 Å². The minimum Gasteiger partial charge on any atom is -0.326 e. The van der Waals surface area contributed by atoms with Crippen molar-refractivity contribution in [2.75, 3.05) is 24.2 Å². The van der Waals surface area contributed by atoms with Crippen LogP contribution < -0.4 is 5.32 Å². The van der Waals surface area contributed by atoms with E-state index >= 15 is 0 Å². The Morgan fingerprint density at radius 3 is 2.23 bits per heavy atom. The van der Waals surface area contributed by atoms with E-state index in [9.17, 15) is 13.2 Å². The average Bonchev–Trinajstić information content (AvgIpc) is 2.73. The largest absolute Gasteiger partial charge is 0.326 e. The van der Waals surface area contributed by atoms with Crippen molar-refractivity contribution in [1.82, 2.24) is 4.31 Å². The molecule has 5 nitrogen and oxygen atoms in total. The summed E-state index contributed by atoms with van der Waals surface area (Å²) in [6, 6.07) is 8.57. The van der Waals surface area contributed by atoms with Gasteiger partial charge in [0.2, 0.25) is 15.9 Å². The number of anilines is 1. The first-order chi connectivity index (χ1) is 14.4. The van der Waals surface area contributed by atoms with Crippen LogP contribution in [-0.4, -0.2) is 37.5 Å². The Hall–Kier alpha value is -1.40. The highest BCUT2D eigenvalue weighted by atomic mass is 32.2. The number of benzene rings is 1. The van der Waals surface area contributed by atoms with Crippen LogP contribution in [0.25, 0.3) is 0 Å². The molecule has 5 aliphatic rings. The Morgan fingerprint density at radius 2 is 1.67 bits per heavy atom. The molecule has 1 amide bonds. The average molecular weight is 431 g/mol. The highest BCUT2D eigenvalue weighted by molar-refractivity contribution is 7.89. The number of nitrogens with zero attached hydrogens (tertiary/aromatic N) is 1. The lowest BCUT2D eigenvalue weighted by Crippen LogP contribution is -2.48. The topological polar surface area (TPSA) is 66.5 Å². The zero-order valence-electron chi connectivity index (χ0n) is 18.0. The molecule has 1 saturated heterocycles. The van der Waals surface area contributed by atoms with Gasteiger partial charge in [-0.3, -0.25) is 4.79 Å². The molecule has 0 aromatic heterocycles. The second-order valence-corrected chi connectivity index (χ2v) is 12.6. The fourth-order valence-corrected chi connectivity index (χ4v) is 8.39. The van der Waals surface area contributed by atoms with Crippen molar-refractivity contribution in [3.05, 3.63) is 29.8 Å². The number of sulfonamides is 1. The van der Waals surface area contributed by atoms with Crippen molar-refractivity contribution in [2.24, 2.45) is 23.7 Å². The predicted molar refractivity (Wildman–Crippen MR) is 119 cm³/mol. The van der Waals surface area contributed by atoms with Crippen LogP contribution in [0.2, 0.25) is 0 Å². The van der Waals surface area contributed by atoms with Gasteiger partial charge in [0.15, 0.2) is 0 Å². The molecule has 1 aromatic carbocycles. The van der Waals surface area contributed by atoms with E-state index in [-0.39, 0.29) is 17.6 Å². The summed E-state index contributed by atoms with van der Waals surface area (Å²) >= 11 is 0. The van der Waals surface area contributed by atoms with Gasteiger partial charge in [-0.05, 0) is 99.2 Å². The van der Waals surface area contributed by atoms with Crippen LogP contribution in [0.5, 0.6) is 0 Å². The monoisotopic (exact) mass is 430 g/mol. The van der Waals surface area contributed by atoms with Gasteiger partial charge >= 0.3 is 0 Å². The van der Waals surface area contributed by atoms with Crippen LogP contribution >= 0.6 is 0 Å². The van der Waals surface area contributed by atoms with Gasteiger partial charge in [0.25, 0.3) is 0 Å². The zero-order valence-corrected chi connectivity index (χ0v) is 18.8. The summed E-state index contributed by atoms with van der Waals surface area (Å²) in [6.07, 6.45) is 9.84. The predicted octanol–water partition coefficient (Wildman–Crippen LogP) is 4.15. The Balaban J connectivity index is 1.25. The Kier molecular flexibility index (Phi) is 5.21. The van der Waals surface area contributed by atoms with Crippen LogP contribution in [-0.2, 0) is 20.2 Å². The fourth-order valence-electron chi connectivity index (χ4n) is 7.21. The minimum absolute atomic E-state index is 0.0615. The van der Waals surface area contributed by atoms with Crippen LogP contribution in [0, 0.1) is 23.7 Å². The number of hydrogen-bond acceptors (Lipinski definition) is 3. The number of carbonyl (C=O) groups is 1. The molecule has 1 N–H and O–H groups in total. The van der Waals surface area contributed by atoms with Crippen LogP contribution in [0.4, 0.5) is 5.69 Å². The number of hydrogen-bond donors (Lipinski definition) is 1. The van der Waals surface area contributed by atoms with Crippen molar-refractivity contribution in [3.63, 3.8) is 0 Å². The lowest BCUT2D eigenvalue weighted by Gasteiger charge is -2.57. The van der Waals surface area contributed by atoms with Crippen LogP contribution in [0.3, 0.4) is 0 Å². The van der Waals surface area contributed by atoms with Gasteiger partial charge in [-0.15, -0.1) is 0 Å². The summed E-state index contributed by atoms with van der Waals surface area (Å²) in [4.78, 5) is 12.8. The molecule has 1 aliphatic heterocycles. The summed E-state index contributed by atoms with van der Waals surface area (Å²) < 4.78 is 25.8. The molecule has 4 aliphatic carbocycles. The minimum atomic E-state index is -3.24. The van der Waals surface area contributed by atoms with Gasteiger partial charge in [0.1, 0.15) is 0 Å². The fraction of sp³-hybridized carbons (Fsp3) is 0.708. The van der Waals surface area contributed by atoms with Gasteiger partial charge in [-0.25, -0.2) is 12.7 Å². The van der Waals surface area contributed by atoms with Crippen molar-refractivity contribution >= 4 is 21.6 Å². The molecule has 4 saturated carbocycles. The molecule has 0 spiro atoms. The number of rotatable bonds is 5. The molecule has 30 heavy (non-hydrogen) atoms. The van der Waals surface area contributed by atoms with Crippen LogP contribution in [0.1, 0.15) is 63.9 Å². The van der Waals surface area contributed by atoms with Crippen molar-refractivity contribution in [2.45, 2.75) is 63.7 Å². The molecule has 1 atom stereocenters. The third-order valence-corrected chi connectivity index (χ3v) is 10.2.